The molecule has 1 atom stereocenters. The van der Waals surface area contributed by atoms with E-state index in [0.717, 1.165) is 26.5 Å². The van der Waals surface area contributed by atoms with Gasteiger partial charge in [0.1, 0.15) is 0 Å². The molecule has 106 valence electrons. The fourth-order valence-corrected chi connectivity index (χ4v) is 3.40. The third kappa shape index (κ3) is 3.11. The summed E-state index contributed by atoms with van der Waals surface area (Å²) in [6.45, 7) is 0. The Kier molecular flexibility index (Phi) is 4.54. The summed E-state index contributed by atoms with van der Waals surface area (Å²) >= 11 is 5.86. The van der Waals surface area contributed by atoms with Crippen molar-refractivity contribution in [3.63, 3.8) is 0 Å². The highest BCUT2D eigenvalue weighted by Gasteiger charge is 2.16. The van der Waals surface area contributed by atoms with Crippen LogP contribution in [-0.4, -0.2) is 4.98 Å². The molecular formula is C16H13BrIN3. The molecule has 0 aliphatic heterocycles. The smallest absolute Gasteiger partial charge is 0.0720 e. The van der Waals surface area contributed by atoms with Gasteiger partial charge in [0.15, 0.2) is 0 Å². The Morgan fingerprint density at radius 1 is 1.14 bits per heavy atom. The van der Waals surface area contributed by atoms with E-state index < -0.39 is 0 Å². The summed E-state index contributed by atoms with van der Waals surface area (Å²) in [5.74, 6) is 5.82. The summed E-state index contributed by atoms with van der Waals surface area (Å²) in [4.78, 5) is 4.35. The van der Waals surface area contributed by atoms with E-state index >= 15 is 0 Å². The van der Waals surface area contributed by atoms with Crippen LogP contribution < -0.4 is 11.3 Å². The second-order valence-electron chi connectivity index (χ2n) is 4.72. The van der Waals surface area contributed by atoms with Crippen LogP contribution in [-0.2, 0) is 0 Å². The first-order valence-electron chi connectivity index (χ1n) is 6.45. The van der Waals surface area contributed by atoms with Crippen molar-refractivity contribution in [2.45, 2.75) is 6.04 Å². The molecule has 0 saturated heterocycles. The molecular weight excluding hydrogens is 441 g/mol. The molecule has 3 rings (SSSR count). The molecule has 0 aliphatic rings. The average molecular weight is 454 g/mol. The van der Waals surface area contributed by atoms with Crippen molar-refractivity contribution in [3.05, 3.63) is 73.9 Å². The van der Waals surface area contributed by atoms with E-state index in [1.165, 1.54) is 3.57 Å². The first-order valence-corrected chi connectivity index (χ1v) is 8.32. The predicted molar refractivity (Wildman–Crippen MR) is 97.8 cm³/mol. The molecule has 2 aromatic carbocycles. The number of pyridine rings is 1. The molecule has 0 saturated carbocycles. The van der Waals surface area contributed by atoms with Crippen LogP contribution in [0.3, 0.4) is 0 Å². The lowest BCUT2D eigenvalue weighted by Gasteiger charge is -2.19. The first kappa shape index (κ1) is 14.9. The Labute approximate surface area is 145 Å². The number of fused-ring (bicyclic) bond motifs is 1. The van der Waals surface area contributed by atoms with Crippen LogP contribution in [0.2, 0.25) is 0 Å². The SMILES string of the molecule is NNC(c1ccc2ncccc2c1)c1cc(Br)ccc1I. The van der Waals surface area contributed by atoms with Gasteiger partial charge in [-0.2, -0.15) is 0 Å². The Bertz CT molecular complexity index is 791. The summed E-state index contributed by atoms with van der Waals surface area (Å²) in [7, 11) is 0. The van der Waals surface area contributed by atoms with Crippen LogP contribution in [0.4, 0.5) is 0 Å². The molecule has 1 unspecified atom stereocenters. The van der Waals surface area contributed by atoms with Crippen molar-refractivity contribution in [2.24, 2.45) is 5.84 Å². The summed E-state index contributed by atoms with van der Waals surface area (Å²) in [6, 6.07) is 16.4. The van der Waals surface area contributed by atoms with E-state index in [1.807, 2.05) is 18.2 Å². The van der Waals surface area contributed by atoms with Crippen LogP contribution in [0.5, 0.6) is 0 Å². The monoisotopic (exact) mass is 453 g/mol. The largest absolute Gasteiger partial charge is 0.271 e. The Hall–Kier alpha value is -1.02. The first-order chi connectivity index (χ1) is 10.2. The molecule has 21 heavy (non-hydrogen) atoms. The van der Waals surface area contributed by atoms with Crippen molar-refractivity contribution in [3.8, 4) is 0 Å². The van der Waals surface area contributed by atoms with Gasteiger partial charge in [0.25, 0.3) is 0 Å². The van der Waals surface area contributed by atoms with Gasteiger partial charge in [-0.3, -0.25) is 10.8 Å². The van der Waals surface area contributed by atoms with Gasteiger partial charge in [-0.05, 0) is 70.1 Å². The van der Waals surface area contributed by atoms with Crippen LogP contribution >= 0.6 is 38.5 Å². The second-order valence-corrected chi connectivity index (χ2v) is 6.80. The Morgan fingerprint density at radius 2 is 2.00 bits per heavy atom. The number of aromatic nitrogens is 1. The van der Waals surface area contributed by atoms with Crippen molar-refractivity contribution < 1.29 is 0 Å². The number of rotatable bonds is 3. The summed E-state index contributed by atoms with van der Waals surface area (Å²) in [5, 5.41) is 1.11. The van der Waals surface area contributed by atoms with E-state index in [9.17, 15) is 0 Å². The maximum Gasteiger partial charge on any atom is 0.0720 e. The predicted octanol–water partition coefficient (Wildman–Crippen LogP) is 4.15. The molecule has 0 radical (unpaired) electrons. The minimum atomic E-state index is -0.0565. The number of benzene rings is 2. The van der Waals surface area contributed by atoms with Gasteiger partial charge < -0.3 is 0 Å². The highest BCUT2D eigenvalue weighted by molar-refractivity contribution is 14.1. The Balaban J connectivity index is 2.11. The molecule has 3 N–H and O–H groups in total. The molecule has 0 aliphatic carbocycles. The minimum Gasteiger partial charge on any atom is -0.271 e. The maximum absolute atomic E-state index is 5.82. The number of hydrazine groups is 1. The lowest BCUT2D eigenvalue weighted by Crippen LogP contribution is -2.29. The molecule has 3 nitrogen and oxygen atoms in total. The molecule has 0 spiro atoms. The highest BCUT2D eigenvalue weighted by atomic mass is 127. The van der Waals surface area contributed by atoms with Gasteiger partial charge in [-0.15, -0.1) is 0 Å². The number of nitrogens with one attached hydrogen (secondary N) is 1. The maximum atomic E-state index is 5.82. The molecule has 0 amide bonds. The molecule has 5 heteroatoms. The van der Waals surface area contributed by atoms with Crippen molar-refractivity contribution >= 4 is 49.4 Å². The average Bonchev–Trinajstić information content (AvgIpc) is 2.51. The number of nitrogens with two attached hydrogens (primary N) is 1. The van der Waals surface area contributed by atoms with Gasteiger partial charge in [-0.25, -0.2) is 5.43 Å². The van der Waals surface area contributed by atoms with E-state index in [0.29, 0.717) is 0 Å². The van der Waals surface area contributed by atoms with Gasteiger partial charge in [0.2, 0.25) is 0 Å². The van der Waals surface area contributed by atoms with E-state index in [-0.39, 0.29) is 6.04 Å². The summed E-state index contributed by atoms with van der Waals surface area (Å²) < 4.78 is 2.21. The van der Waals surface area contributed by atoms with Crippen molar-refractivity contribution in [1.29, 1.82) is 0 Å². The molecule has 0 bridgehead atoms. The van der Waals surface area contributed by atoms with Gasteiger partial charge in [0.05, 0.1) is 11.6 Å². The highest BCUT2D eigenvalue weighted by Crippen LogP contribution is 2.29. The van der Waals surface area contributed by atoms with Gasteiger partial charge in [0, 0.05) is 19.6 Å². The topological polar surface area (TPSA) is 50.9 Å². The number of hydrogen-bond donors (Lipinski definition) is 2. The molecule has 1 heterocycles. The quantitative estimate of drug-likeness (QED) is 0.355. The molecule has 1 aromatic heterocycles. The zero-order valence-electron chi connectivity index (χ0n) is 11.1. The van der Waals surface area contributed by atoms with Crippen LogP contribution in [0.1, 0.15) is 17.2 Å². The zero-order valence-corrected chi connectivity index (χ0v) is 14.8. The number of halogens is 2. The minimum absolute atomic E-state index is 0.0565. The lowest BCUT2D eigenvalue weighted by molar-refractivity contribution is 0.634. The fraction of sp³-hybridized carbons (Fsp3) is 0.0625. The normalized spacial score (nSPS) is 12.5. The number of hydrogen-bond acceptors (Lipinski definition) is 3. The van der Waals surface area contributed by atoms with Crippen LogP contribution in [0.15, 0.2) is 59.2 Å². The third-order valence-corrected chi connectivity index (χ3v) is 4.87. The molecule has 3 aromatic rings. The van der Waals surface area contributed by atoms with E-state index in [4.69, 9.17) is 5.84 Å². The summed E-state index contributed by atoms with van der Waals surface area (Å²) in [5.41, 5.74) is 6.18. The lowest BCUT2D eigenvalue weighted by atomic mass is 9.98. The standard InChI is InChI=1S/C16H13BrIN3/c17-12-4-5-14(18)13(9-12)16(21-19)11-3-6-15-10(8-11)2-1-7-20-15/h1-9,16,21H,19H2. The Morgan fingerprint density at radius 3 is 2.81 bits per heavy atom. The van der Waals surface area contributed by atoms with Crippen molar-refractivity contribution in [2.75, 3.05) is 0 Å². The third-order valence-electron chi connectivity index (χ3n) is 3.40. The summed E-state index contributed by atoms with van der Waals surface area (Å²) in [6.07, 6.45) is 1.80. The van der Waals surface area contributed by atoms with E-state index in [1.54, 1.807) is 6.20 Å². The van der Waals surface area contributed by atoms with Gasteiger partial charge in [-0.1, -0.05) is 28.1 Å². The fourth-order valence-electron chi connectivity index (χ4n) is 2.38. The van der Waals surface area contributed by atoms with Crippen LogP contribution in [0.25, 0.3) is 10.9 Å². The van der Waals surface area contributed by atoms with E-state index in [2.05, 4.69) is 79.3 Å². The van der Waals surface area contributed by atoms with Gasteiger partial charge >= 0.3 is 0 Å². The number of nitrogens with zero attached hydrogens (tertiary/aromatic N) is 1. The van der Waals surface area contributed by atoms with Crippen molar-refractivity contribution in [1.82, 2.24) is 10.4 Å². The zero-order chi connectivity index (χ0) is 14.8. The molecule has 0 fully saturated rings. The second kappa shape index (κ2) is 6.39. The van der Waals surface area contributed by atoms with Crippen LogP contribution in [0, 0.1) is 3.57 Å².